The maximum Gasteiger partial charge on any atom is 0.339 e. The van der Waals surface area contributed by atoms with Crippen LogP contribution in [-0.2, 0) is 21.5 Å². The minimum atomic E-state index is -4.04. The lowest BCUT2D eigenvalue weighted by molar-refractivity contribution is -0.132. The van der Waals surface area contributed by atoms with Crippen LogP contribution in [0.2, 0.25) is 0 Å². The number of likely N-dealkylation sites (N-methyl/N-ethyl adjacent to an activating group) is 1. The van der Waals surface area contributed by atoms with E-state index in [0.29, 0.717) is 19.5 Å². The molecule has 0 unspecified atom stereocenters. The van der Waals surface area contributed by atoms with Crippen LogP contribution >= 0.6 is 0 Å². The first kappa shape index (κ1) is 22.8. The lowest BCUT2D eigenvalue weighted by Gasteiger charge is -2.24. The summed E-state index contributed by atoms with van der Waals surface area (Å²) in [5.74, 6) is -0.281. The number of benzene rings is 2. The van der Waals surface area contributed by atoms with Gasteiger partial charge in [0.05, 0.1) is 0 Å². The lowest BCUT2D eigenvalue weighted by atomic mass is 10.2. The van der Waals surface area contributed by atoms with Gasteiger partial charge < -0.3 is 14.0 Å². The van der Waals surface area contributed by atoms with Gasteiger partial charge in [0.2, 0.25) is 5.91 Å². The summed E-state index contributed by atoms with van der Waals surface area (Å²) in [6.07, 6.45) is 1.27. The van der Waals surface area contributed by atoms with Gasteiger partial charge >= 0.3 is 10.1 Å². The molecule has 2 aromatic rings. The van der Waals surface area contributed by atoms with Crippen LogP contribution in [0, 0.1) is 5.82 Å². The van der Waals surface area contributed by atoms with Gasteiger partial charge in [0.1, 0.15) is 16.5 Å². The number of carbonyl (C=O) groups excluding carboxylic acids is 1. The van der Waals surface area contributed by atoms with Crippen molar-refractivity contribution in [2.75, 3.05) is 27.2 Å². The highest BCUT2D eigenvalue weighted by Gasteiger charge is 2.17. The Morgan fingerprint density at radius 3 is 2.17 bits per heavy atom. The van der Waals surface area contributed by atoms with E-state index >= 15 is 0 Å². The van der Waals surface area contributed by atoms with Gasteiger partial charge in [-0.15, -0.1) is 0 Å². The molecule has 0 fully saturated rings. The molecule has 8 heteroatoms. The summed E-state index contributed by atoms with van der Waals surface area (Å²) in [5.41, 5.74) is 0.875. The zero-order valence-corrected chi connectivity index (χ0v) is 17.8. The van der Waals surface area contributed by atoms with Crippen molar-refractivity contribution < 1.29 is 21.8 Å². The number of amides is 1. The van der Waals surface area contributed by atoms with Crippen LogP contribution in [0.15, 0.2) is 53.4 Å². The van der Waals surface area contributed by atoms with Crippen molar-refractivity contribution in [2.24, 2.45) is 0 Å². The average Bonchev–Trinajstić information content (AvgIpc) is 2.66. The van der Waals surface area contributed by atoms with Gasteiger partial charge in [-0.05, 0) is 62.5 Å². The Bertz CT molecular complexity index is 897. The zero-order chi connectivity index (χ0) is 21.4. The first-order valence-electron chi connectivity index (χ1n) is 9.43. The summed E-state index contributed by atoms with van der Waals surface area (Å²) >= 11 is 0. The molecule has 0 saturated heterocycles. The summed E-state index contributed by atoms with van der Waals surface area (Å²) in [6.45, 7) is 3.78. The van der Waals surface area contributed by atoms with Crippen molar-refractivity contribution in [1.82, 2.24) is 9.80 Å². The highest BCUT2D eigenvalue weighted by molar-refractivity contribution is 7.87. The molecule has 0 spiro atoms. The number of halogens is 1. The fourth-order valence-corrected chi connectivity index (χ4v) is 3.56. The molecule has 0 aliphatic carbocycles. The van der Waals surface area contributed by atoms with Crippen LogP contribution in [0.3, 0.4) is 0 Å². The average molecular weight is 423 g/mol. The summed E-state index contributed by atoms with van der Waals surface area (Å²) < 4.78 is 42.7. The number of hydrogen-bond acceptors (Lipinski definition) is 5. The molecular weight excluding hydrogens is 395 g/mol. The summed E-state index contributed by atoms with van der Waals surface area (Å²) in [7, 11) is -0.133. The van der Waals surface area contributed by atoms with Crippen LogP contribution in [0.4, 0.5) is 4.39 Å². The molecule has 0 aliphatic rings. The first-order chi connectivity index (χ1) is 13.7. The number of rotatable bonds is 10. The Labute approximate surface area is 172 Å². The standard InChI is InChI=1S/C21H27FN2O4S/c1-4-5-21(25)24(15-14-23(2)3)16-17-6-10-19(11-7-17)28-29(26,27)20-12-8-18(22)9-13-20/h6-13H,4-5,14-16H2,1-3H3. The Kier molecular flexibility index (Phi) is 8.16. The van der Waals surface area contributed by atoms with Crippen molar-refractivity contribution in [2.45, 2.75) is 31.2 Å². The molecule has 2 rings (SSSR count). The third-order valence-electron chi connectivity index (χ3n) is 4.24. The molecule has 0 bridgehead atoms. The van der Waals surface area contributed by atoms with E-state index < -0.39 is 15.9 Å². The molecule has 0 saturated carbocycles. The van der Waals surface area contributed by atoms with Gasteiger partial charge in [0.25, 0.3) is 0 Å². The number of hydrogen-bond donors (Lipinski definition) is 0. The third-order valence-corrected chi connectivity index (χ3v) is 5.50. The van der Waals surface area contributed by atoms with Gasteiger partial charge in [0.15, 0.2) is 0 Å². The first-order valence-corrected chi connectivity index (χ1v) is 10.8. The molecule has 1 amide bonds. The molecule has 0 N–H and O–H groups in total. The summed E-state index contributed by atoms with van der Waals surface area (Å²) in [5, 5.41) is 0. The largest absolute Gasteiger partial charge is 0.379 e. The van der Waals surface area contributed by atoms with Gasteiger partial charge in [-0.3, -0.25) is 4.79 Å². The second-order valence-corrected chi connectivity index (χ2v) is 8.55. The van der Waals surface area contributed by atoms with Gasteiger partial charge in [-0.2, -0.15) is 8.42 Å². The van der Waals surface area contributed by atoms with Crippen LogP contribution < -0.4 is 4.18 Å². The van der Waals surface area contributed by atoms with E-state index in [-0.39, 0.29) is 16.6 Å². The number of carbonyl (C=O) groups is 1. The molecular formula is C21H27FN2O4S. The Morgan fingerprint density at radius 2 is 1.62 bits per heavy atom. The normalized spacial score (nSPS) is 11.5. The van der Waals surface area contributed by atoms with E-state index in [0.717, 1.165) is 42.8 Å². The minimum absolute atomic E-state index is 0.0913. The Hall–Kier alpha value is -2.45. The topological polar surface area (TPSA) is 66.9 Å². The van der Waals surface area contributed by atoms with Crippen molar-refractivity contribution in [3.63, 3.8) is 0 Å². The van der Waals surface area contributed by atoms with Crippen molar-refractivity contribution in [3.8, 4) is 5.75 Å². The van der Waals surface area contributed by atoms with Crippen LogP contribution in [-0.4, -0.2) is 51.3 Å². The molecule has 6 nitrogen and oxygen atoms in total. The maximum absolute atomic E-state index is 13.0. The predicted octanol–water partition coefficient (Wildman–Crippen LogP) is 3.28. The van der Waals surface area contributed by atoms with Crippen LogP contribution in [0.25, 0.3) is 0 Å². The van der Waals surface area contributed by atoms with Crippen molar-refractivity contribution in [1.29, 1.82) is 0 Å². The van der Waals surface area contributed by atoms with E-state index in [4.69, 9.17) is 4.18 Å². The van der Waals surface area contributed by atoms with E-state index in [9.17, 15) is 17.6 Å². The van der Waals surface area contributed by atoms with Gasteiger partial charge in [-0.25, -0.2) is 4.39 Å². The quantitative estimate of drug-likeness (QED) is 0.550. The Balaban J connectivity index is 2.07. The molecule has 29 heavy (non-hydrogen) atoms. The fourth-order valence-electron chi connectivity index (χ4n) is 2.63. The maximum atomic E-state index is 13.0. The third kappa shape index (κ3) is 7.14. The monoisotopic (exact) mass is 422 g/mol. The second kappa shape index (κ2) is 10.4. The molecule has 0 heterocycles. The minimum Gasteiger partial charge on any atom is -0.379 e. The zero-order valence-electron chi connectivity index (χ0n) is 17.0. The molecule has 0 aliphatic heterocycles. The molecule has 0 radical (unpaired) electrons. The SMILES string of the molecule is CCCC(=O)N(CCN(C)C)Cc1ccc(OS(=O)(=O)c2ccc(F)cc2)cc1. The highest BCUT2D eigenvalue weighted by atomic mass is 32.2. The van der Waals surface area contributed by atoms with Gasteiger partial charge in [0, 0.05) is 26.1 Å². The summed E-state index contributed by atoms with van der Waals surface area (Å²) in [4.78, 5) is 16.1. The van der Waals surface area contributed by atoms with E-state index in [2.05, 4.69) is 0 Å². The highest BCUT2D eigenvalue weighted by Crippen LogP contribution is 2.20. The van der Waals surface area contributed by atoms with Gasteiger partial charge in [-0.1, -0.05) is 19.1 Å². The van der Waals surface area contributed by atoms with E-state index in [1.165, 1.54) is 0 Å². The lowest BCUT2D eigenvalue weighted by Crippen LogP contribution is -2.36. The van der Waals surface area contributed by atoms with Crippen LogP contribution in [0.1, 0.15) is 25.3 Å². The predicted molar refractivity (Wildman–Crippen MR) is 110 cm³/mol. The second-order valence-electron chi connectivity index (χ2n) is 7.00. The molecule has 158 valence electrons. The Morgan fingerprint density at radius 1 is 1.00 bits per heavy atom. The molecule has 0 atom stereocenters. The fraction of sp³-hybridized carbons (Fsp3) is 0.381. The summed E-state index contributed by atoms with van der Waals surface area (Å²) in [6, 6.07) is 11.0. The smallest absolute Gasteiger partial charge is 0.339 e. The number of nitrogens with zero attached hydrogens (tertiary/aromatic N) is 2. The molecule has 0 aromatic heterocycles. The van der Waals surface area contributed by atoms with E-state index in [1.54, 1.807) is 29.2 Å². The molecule has 2 aromatic carbocycles. The van der Waals surface area contributed by atoms with E-state index in [1.807, 2.05) is 25.9 Å². The van der Waals surface area contributed by atoms with Crippen LogP contribution in [0.5, 0.6) is 5.75 Å². The van der Waals surface area contributed by atoms with Crippen molar-refractivity contribution in [3.05, 3.63) is 59.9 Å². The van der Waals surface area contributed by atoms with Crippen molar-refractivity contribution >= 4 is 16.0 Å².